The van der Waals surface area contributed by atoms with Gasteiger partial charge < -0.3 is 14.4 Å². The number of carbonyl (C=O) groups is 2. The van der Waals surface area contributed by atoms with Gasteiger partial charge in [0, 0.05) is 24.0 Å². The van der Waals surface area contributed by atoms with Crippen LogP contribution in [0.25, 0.3) is 0 Å². The number of carbonyl (C=O) groups excluding carboxylic acids is 6. The molecule has 1 saturated heterocycles. The zero-order valence-corrected chi connectivity index (χ0v) is 23.5. The maximum absolute atomic E-state index is 12.0. The lowest BCUT2D eigenvalue weighted by atomic mass is 10.1. The average molecular weight is 511 g/mol. The number of nitrogens with zero attached hydrogens (tertiary/aromatic N) is 2. The van der Waals surface area contributed by atoms with Gasteiger partial charge in [-0.2, -0.15) is 19.2 Å². The highest BCUT2D eigenvalue weighted by molar-refractivity contribution is 5.73. The third-order valence-corrected chi connectivity index (χ3v) is 5.28. The predicted molar refractivity (Wildman–Crippen MR) is 131 cm³/mol. The van der Waals surface area contributed by atoms with Gasteiger partial charge in [-0.25, -0.2) is 9.59 Å². The van der Waals surface area contributed by atoms with Gasteiger partial charge >= 0.3 is 24.5 Å². The largest absolute Gasteiger partial charge is 0.444 e. The molecular formula is C26H42N2O8. The Labute approximate surface area is 214 Å². The van der Waals surface area contributed by atoms with E-state index in [9.17, 15) is 9.59 Å². The first-order valence-corrected chi connectivity index (χ1v) is 11.8. The van der Waals surface area contributed by atoms with E-state index in [1.807, 2.05) is 73.3 Å². The quantitative estimate of drug-likeness (QED) is 0.520. The molecule has 1 aromatic rings. The minimum Gasteiger partial charge on any atom is -0.444 e. The number of ether oxygens (including phenoxy) is 2. The van der Waals surface area contributed by atoms with Crippen molar-refractivity contribution in [2.45, 2.75) is 106 Å². The monoisotopic (exact) mass is 510 g/mol. The summed E-state index contributed by atoms with van der Waals surface area (Å²) >= 11 is 0. The minimum absolute atomic E-state index is 0.172. The van der Waals surface area contributed by atoms with E-state index in [2.05, 4.69) is 13.8 Å². The Morgan fingerprint density at radius 2 is 1.33 bits per heavy atom. The molecule has 0 bridgehead atoms. The van der Waals surface area contributed by atoms with Crippen molar-refractivity contribution >= 4 is 24.5 Å². The highest BCUT2D eigenvalue weighted by atomic mass is 16.6. The summed E-state index contributed by atoms with van der Waals surface area (Å²) in [5, 5.41) is 0. The van der Waals surface area contributed by atoms with Crippen LogP contribution < -0.4 is 0 Å². The van der Waals surface area contributed by atoms with Gasteiger partial charge in [-0.15, -0.1) is 0 Å². The highest BCUT2D eigenvalue weighted by Crippen LogP contribution is 2.25. The minimum atomic E-state index is -0.452. The molecule has 1 aromatic heterocycles. The van der Waals surface area contributed by atoms with Crippen molar-refractivity contribution in [1.29, 1.82) is 0 Å². The number of aryl methyl sites for hydroxylation is 2. The molecule has 1 aliphatic rings. The van der Waals surface area contributed by atoms with Gasteiger partial charge in [0.1, 0.15) is 11.2 Å². The first-order valence-electron chi connectivity index (χ1n) is 11.8. The van der Waals surface area contributed by atoms with Gasteiger partial charge in [-0.3, -0.25) is 4.57 Å². The molecule has 1 fully saturated rings. The summed E-state index contributed by atoms with van der Waals surface area (Å²) in [7, 11) is 0. The molecule has 2 rings (SSSR count). The fourth-order valence-corrected chi connectivity index (χ4v) is 3.31. The Balaban J connectivity index is 0. The van der Waals surface area contributed by atoms with Crippen molar-refractivity contribution in [3.05, 3.63) is 23.0 Å². The smallest absolute Gasteiger partial charge is 0.418 e. The van der Waals surface area contributed by atoms with E-state index in [-0.39, 0.29) is 30.1 Å². The van der Waals surface area contributed by atoms with Crippen molar-refractivity contribution in [3.63, 3.8) is 0 Å². The molecule has 0 radical (unpaired) electrons. The zero-order valence-electron chi connectivity index (χ0n) is 23.5. The maximum Gasteiger partial charge on any atom is 0.418 e. The van der Waals surface area contributed by atoms with E-state index in [0.717, 1.165) is 36.3 Å². The van der Waals surface area contributed by atoms with Crippen molar-refractivity contribution in [2.24, 2.45) is 5.92 Å². The molecule has 2 heterocycles. The number of hydrogen-bond acceptors (Lipinski definition) is 8. The molecule has 0 spiro atoms. The van der Waals surface area contributed by atoms with E-state index in [4.69, 9.17) is 28.7 Å². The standard InChI is InChI=1S/C13H21NO2.C11H21NO2.2CO2/c1-7-11-8-9(2)10(3)14(11)12(15)16-13(4,5)6;1-8-6-7-12(9(8)2)10(13)14-11(3,4)5;2*2-1-3/h8H,7H2,1-6H3;8-9H,6-7H2,1-5H3;;/t;8-,9-;;/m.0../s1. The number of likely N-dealkylation sites (tertiary alicyclic amines) is 1. The second-order valence-electron chi connectivity index (χ2n) is 10.4. The van der Waals surface area contributed by atoms with Crippen LogP contribution in [0.15, 0.2) is 6.07 Å². The van der Waals surface area contributed by atoms with Gasteiger partial charge in [-0.05, 0) is 92.7 Å². The van der Waals surface area contributed by atoms with Crippen LogP contribution in [0.4, 0.5) is 9.59 Å². The summed E-state index contributed by atoms with van der Waals surface area (Å²) in [5.41, 5.74) is 2.26. The Bertz CT molecular complexity index is 898. The lowest BCUT2D eigenvalue weighted by Gasteiger charge is -2.27. The molecular weight excluding hydrogens is 468 g/mol. The van der Waals surface area contributed by atoms with Crippen LogP contribution in [0.2, 0.25) is 0 Å². The Hall–Kier alpha value is -3.22. The van der Waals surface area contributed by atoms with Crippen LogP contribution >= 0.6 is 0 Å². The number of rotatable bonds is 1. The summed E-state index contributed by atoms with van der Waals surface area (Å²) in [6, 6.07) is 2.35. The molecule has 204 valence electrons. The molecule has 1 amide bonds. The molecule has 0 unspecified atom stereocenters. The molecule has 0 N–H and O–H groups in total. The van der Waals surface area contributed by atoms with Gasteiger partial charge in [0.15, 0.2) is 0 Å². The van der Waals surface area contributed by atoms with Gasteiger partial charge in [0.05, 0.1) is 0 Å². The van der Waals surface area contributed by atoms with Crippen LogP contribution in [0, 0.1) is 19.8 Å². The molecule has 10 heteroatoms. The number of aromatic nitrogens is 1. The molecule has 10 nitrogen and oxygen atoms in total. The highest BCUT2D eigenvalue weighted by Gasteiger charge is 2.33. The SMILES string of the molecule is CCc1cc(C)c(C)n1C(=O)OC(C)(C)C.C[C@H]1CCN(C(=O)OC(C)(C)C)[C@H]1C.O=C=O.O=C=O. The number of hydrogen-bond donors (Lipinski definition) is 0. The molecule has 1 aliphatic heterocycles. The molecule has 36 heavy (non-hydrogen) atoms. The van der Waals surface area contributed by atoms with Gasteiger partial charge in [0.25, 0.3) is 0 Å². The van der Waals surface area contributed by atoms with Crippen LogP contribution in [0.3, 0.4) is 0 Å². The third-order valence-electron chi connectivity index (χ3n) is 5.28. The molecule has 0 saturated carbocycles. The van der Waals surface area contributed by atoms with E-state index < -0.39 is 5.60 Å². The zero-order chi connectivity index (χ0) is 28.9. The lowest BCUT2D eigenvalue weighted by molar-refractivity contribution is -0.193. The second kappa shape index (κ2) is 15.7. The van der Waals surface area contributed by atoms with Gasteiger partial charge in [0.2, 0.25) is 0 Å². The van der Waals surface area contributed by atoms with E-state index >= 15 is 0 Å². The topological polar surface area (TPSA) is 129 Å². The summed E-state index contributed by atoms with van der Waals surface area (Å²) < 4.78 is 12.4. The van der Waals surface area contributed by atoms with Crippen LogP contribution in [0.1, 0.15) is 85.7 Å². The van der Waals surface area contributed by atoms with Crippen molar-refractivity contribution in [2.75, 3.05) is 6.54 Å². The predicted octanol–water partition coefficient (Wildman–Crippen LogP) is 4.94. The first-order chi connectivity index (χ1) is 16.4. The molecule has 2 atom stereocenters. The summed E-state index contributed by atoms with van der Waals surface area (Å²) in [6.07, 6.45) is 1.96. The first kappa shape index (κ1) is 34.9. The van der Waals surface area contributed by atoms with E-state index in [1.54, 1.807) is 4.57 Å². The summed E-state index contributed by atoms with van der Waals surface area (Å²) in [4.78, 5) is 58.1. The third kappa shape index (κ3) is 13.0. The Morgan fingerprint density at radius 1 is 0.917 bits per heavy atom. The summed E-state index contributed by atoms with van der Waals surface area (Å²) in [5.74, 6) is 0.586. The fourth-order valence-electron chi connectivity index (χ4n) is 3.31. The van der Waals surface area contributed by atoms with Crippen molar-refractivity contribution in [1.82, 2.24) is 9.47 Å². The van der Waals surface area contributed by atoms with Crippen LogP contribution in [0.5, 0.6) is 0 Å². The van der Waals surface area contributed by atoms with Crippen molar-refractivity contribution < 1.29 is 38.2 Å². The van der Waals surface area contributed by atoms with Gasteiger partial charge in [-0.1, -0.05) is 13.8 Å². The molecule has 0 aliphatic carbocycles. The summed E-state index contributed by atoms with van der Waals surface area (Å²) in [6.45, 7) is 22.4. The average Bonchev–Trinajstić information content (AvgIpc) is 3.19. The number of amides is 1. The maximum atomic E-state index is 12.0. The second-order valence-corrected chi connectivity index (χ2v) is 10.4. The Kier molecular flexibility index (Phi) is 15.2. The van der Waals surface area contributed by atoms with Crippen molar-refractivity contribution in [3.8, 4) is 0 Å². The lowest BCUT2D eigenvalue weighted by Crippen LogP contribution is -2.39. The fraction of sp³-hybridized carbons (Fsp3) is 0.692. The molecule has 0 aromatic carbocycles. The van der Waals surface area contributed by atoms with E-state index in [1.165, 1.54) is 0 Å². The van der Waals surface area contributed by atoms with E-state index in [0.29, 0.717) is 12.0 Å². The Morgan fingerprint density at radius 3 is 1.67 bits per heavy atom. The van der Waals surface area contributed by atoms with Crippen LogP contribution in [-0.4, -0.2) is 57.7 Å². The normalized spacial score (nSPS) is 16.5. The van der Waals surface area contributed by atoms with Crippen LogP contribution in [-0.2, 0) is 35.1 Å².